The van der Waals surface area contributed by atoms with Gasteiger partial charge in [0, 0.05) is 38.4 Å². The van der Waals surface area contributed by atoms with E-state index in [0.717, 1.165) is 22.0 Å². The van der Waals surface area contributed by atoms with Gasteiger partial charge in [-0.2, -0.15) is 23.4 Å². The number of aryl methyl sites for hydroxylation is 2. The third kappa shape index (κ3) is 3.01. The van der Waals surface area contributed by atoms with Crippen LogP contribution in [0.5, 0.6) is 0 Å². The fourth-order valence-corrected chi connectivity index (χ4v) is 1.92. The first-order valence-corrected chi connectivity index (χ1v) is 6.07. The lowest BCUT2D eigenvalue weighted by molar-refractivity contribution is -0.143. The van der Waals surface area contributed by atoms with Crippen LogP contribution in [0.25, 0.3) is 0 Å². The maximum absolute atomic E-state index is 12.6. The SMILES string of the molecule is Cc1c(CNCc2cc(C(F)(F)F)n(C)n2)cnn1C. The third-order valence-corrected chi connectivity index (χ3v) is 3.18. The van der Waals surface area contributed by atoms with Crippen LogP contribution in [0.1, 0.15) is 22.6 Å². The smallest absolute Gasteiger partial charge is 0.307 e. The molecular weight excluding hydrogens is 271 g/mol. The minimum absolute atomic E-state index is 0.276. The third-order valence-electron chi connectivity index (χ3n) is 3.18. The Labute approximate surface area is 114 Å². The highest BCUT2D eigenvalue weighted by Crippen LogP contribution is 2.29. The van der Waals surface area contributed by atoms with Crippen LogP contribution in [-0.2, 0) is 33.4 Å². The summed E-state index contributed by atoms with van der Waals surface area (Å²) in [4.78, 5) is 0. The van der Waals surface area contributed by atoms with Crippen molar-refractivity contribution in [1.82, 2.24) is 24.9 Å². The lowest BCUT2D eigenvalue weighted by Crippen LogP contribution is -2.13. The van der Waals surface area contributed by atoms with E-state index in [1.165, 1.54) is 7.05 Å². The molecule has 0 radical (unpaired) electrons. The average molecular weight is 287 g/mol. The van der Waals surface area contributed by atoms with Gasteiger partial charge >= 0.3 is 6.18 Å². The van der Waals surface area contributed by atoms with Gasteiger partial charge in [0.1, 0.15) is 5.69 Å². The van der Waals surface area contributed by atoms with Gasteiger partial charge in [-0.05, 0) is 13.0 Å². The van der Waals surface area contributed by atoms with Gasteiger partial charge in [0.2, 0.25) is 0 Å². The number of aromatic nitrogens is 4. The summed E-state index contributed by atoms with van der Waals surface area (Å²) in [6, 6.07) is 1.06. The standard InChI is InChI=1S/C12H16F3N5/c1-8-9(6-17-19(8)2)5-16-7-10-4-11(12(13,14)15)20(3)18-10/h4,6,16H,5,7H2,1-3H3. The number of hydrogen-bond donors (Lipinski definition) is 1. The van der Waals surface area contributed by atoms with Crippen LogP contribution in [0.3, 0.4) is 0 Å². The summed E-state index contributed by atoms with van der Waals surface area (Å²) in [6.45, 7) is 2.75. The molecule has 2 heterocycles. The van der Waals surface area contributed by atoms with E-state index in [9.17, 15) is 13.2 Å². The van der Waals surface area contributed by atoms with E-state index in [4.69, 9.17) is 0 Å². The molecule has 0 saturated carbocycles. The van der Waals surface area contributed by atoms with Gasteiger partial charge in [-0.1, -0.05) is 0 Å². The number of nitrogens with zero attached hydrogens (tertiary/aromatic N) is 4. The summed E-state index contributed by atoms with van der Waals surface area (Å²) in [5, 5.41) is 11.0. The quantitative estimate of drug-likeness (QED) is 0.932. The van der Waals surface area contributed by atoms with E-state index in [2.05, 4.69) is 15.5 Å². The van der Waals surface area contributed by atoms with Crippen molar-refractivity contribution in [3.8, 4) is 0 Å². The molecule has 1 N–H and O–H groups in total. The van der Waals surface area contributed by atoms with Crippen LogP contribution in [0, 0.1) is 6.92 Å². The second kappa shape index (κ2) is 5.28. The molecule has 20 heavy (non-hydrogen) atoms. The van der Waals surface area contributed by atoms with Gasteiger partial charge < -0.3 is 5.32 Å². The lowest BCUT2D eigenvalue weighted by atomic mass is 10.2. The Bertz CT molecular complexity index is 597. The first kappa shape index (κ1) is 14.6. The molecule has 110 valence electrons. The zero-order valence-electron chi connectivity index (χ0n) is 11.5. The Hall–Kier alpha value is -1.83. The largest absolute Gasteiger partial charge is 0.433 e. The Morgan fingerprint density at radius 3 is 2.40 bits per heavy atom. The summed E-state index contributed by atoms with van der Waals surface area (Å²) in [7, 11) is 3.13. The zero-order chi connectivity index (χ0) is 14.9. The maximum atomic E-state index is 12.6. The Morgan fingerprint density at radius 1 is 1.20 bits per heavy atom. The van der Waals surface area contributed by atoms with Crippen molar-refractivity contribution >= 4 is 0 Å². The van der Waals surface area contributed by atoms with Gasteiger partial charge in [-0.25, -0.2) is 0 Å². The second-order valence-corrected chi connectivity index (χ2v) is 4.62. The van der Waals surface area contributed by atoms with Gasteiger partial charge in [0.25, 0.3) is 0 Å². The molecule has 0 aliphatic rings. The minimum atomic E-state index is -4.38. The predicted molar refractivity (Wildman–Crippen MR) is 66.7 cm³/mol. The van der Waals surface area contributed by atoms with E-state index in [1.54, 1.807) is 10.9 Å². The first-order chi connectivity index (χ1) is 9.29. The van der Waals surface area contributed by atoms with Crippen molar-refractivity contribution in [1.29, 1.82) is 0 Å². The van der Waals surface area contributed by atoms with Gasteiger partial charge in [-0.15, -0.1) is 0 Å². The minimum Gasteiger partial charge on any atom is -0.307 e. The predicted octanol–water partition coefficient (Wildman–Crippen LogP) is 1.77. The van der Waals surface area contributed by atoms with Crippen LogP contribution in [-0.4, -0.2) is 19.6 Å². The number of alkyl halides is 3. The fourth-order valence-electron chi connectivity index (χ4n) is 1.92. The highest BCUT2D eigenvalue weighted by atomic mass is 19.4. The van der Waals surface area contributed by atoms with Crippen molar-refractivity contribution in [3.05, 3.63) is 34.9 Å². The normalized spacial score (nSPS) is 12.1. The topological polar surface area (TPSA) is 47.7 Å². The first-order valence-electron chi connectivity index (χ1n) is 6.07. The summed E-state index contributed by atoms with van der Waals surface area (Å²) in [6.07, 6.45) is -2.64. The molecule has 2 aromatic heterocycles. The van der Waals surface area contributed by atoms with Crippen LogP contribution in [0.4, 0.5) is 13.2 Å². The molecule has 0 atom stereocenters. The summed E-state index contributed by atoms with van der Waals surface area (Å²) >= 11 is 0. The molecule has 2 rings (SSSR count). The monoisotopic (exact) mass is 287 g/mol. The van der Waals surface area contributed by atoms with Crippen molar-refractivity contribution < 1.29 is 13.2 Å². The molecule has 0 unspecified atom stereocenters. The molecule has 0 spiro atoms. The Kier molecular flexibility index (Phi) is 3.85. The molecule has 0 aliphatic heterocycles. The number of rotatable bonds is 4. The van der Waals surface area contributed by atoms with E-state index in [1.807, 2.05) is 14.0 Å². The van der Waals surface area contributed by atoms with Gasteiger partial charge in [0.15, 0.2) is 0 Å². The molecule has 0 bridgehead atoms. The number of hydrogen-bond acceptors (Lipinski definition) is 3. The molecule has 2 aromatic rings. The summed E-state index contributed by atoms with van der Waals surface area (Å²) in [5.41, 5.74) is 1.65. The zero-order valence-corrected chi connectivity index (χ0v) is 11.5. The second-order valence-electron chi connectivity index (χ2n) is 4.62. The van der Waals surface area contributed by atoms with Crippen molar-refractivity contribution in [3.63, 3.8) is 0 Å². The van der Waals surface area contributed by atoms with Crippen molar-refractivity contribution in [2.24, 2.45) is 14.1 Å². The van der Waals surface area contributed by atoms with E-state index < -0.39 is 11.9 Å². The molecule has 0 saturated heterocycles. The van der Waals surface area contributed by atoms with Crippen molar-refractivity contribution in [2.45, 2.75) is 26.2 Å². The highest BCUT2D eigenvalue weighted by molar-refractivity contribution is 5.16. The van der Waals surface area contributed by atoms with Gasteiger partial charge in [-0.3, -0.25) is 9.36 Å². The lowest BCUT2D eigenvalue weighted by Gasteiger charge is -2.04. The number of halogens is 3. The molecule has 8 heteroatoms. The number of nitrogens with one attached hydrogen (secondary N) is 1. The maximum Gasteiger partial charge on any atom is 0.433 e. The van der Waals surface area contributed by atoms with E-state index >= 15 is 0 Å². The molecule has 0 fully saturated rings. The van der Waals surface area contributed by atoms with Gasteiger partial charge in [0.05, 0.1) is 11.9 Å². The summed E-state index contributed by atoms with van der Waals surface area (Å²) < 4.78 is 40.4. The molecular formula is C12H16F3N5. The van der Waals surface area contributed by atoms with Crippen LogP contribution >= 0.6 is 0 Å². The van der Waals surface area contributed by atoms with Crippen LogP contribution in [0.2, 0.25) is 0 Å². The van der Waals surface area contributed by atoms with Crippen LogP contribution in [0.15, 0.2) is 12.3 Å². The fraction of sp³-hybridized carbons (Fsp3) is 0.500. The van der Waals surface area contributed by atoms with E-state index in [0.29, 0.717) is 12.2 Å². The van der Waals surface area contributed by atoms with E-state index in [-0.39, 0.29) is 6.54 Å². The molecule has 0 aliphatic carbocycles. The average Bonchev–Trinajstić information content (AvgIpc) is 2.86. The highest BCUT2D eigenvalue weighted by Gasteiger charge is 2.34. The Balaban J connectivity index is 1.97. The molecule has 0 amide bonds. The van der Waals surface area contributed by atoms with Crippen molar-refractivity contribution in [2.75, 3.05) is 0 Å². The Morgan fingerprint density at radius 2 is 1.90 bits per heavy atom. The summed E-state index contributed by atoms with van der Waals surface area (Å²) in [5.74, 6) is 0. The molecule has 0 aromatic carbocycles. The molecule has 5 nitrogen and oxygen atoms in total. The van der Waals surface area contributed by atoms with Crippen LogP contribution < -0.4 is 5.32 Å².